The fourth-order valence-corrected chi connectivity index (χ4v) is 4.15. The molecule has 0 aromatic heterocycles. The first-order valence-corrected chi connectivity index (χ1v) is 7.27. The van der Waals surface area contributed by atoms with Crippen molar-refractivity contribution in [3.05, 3.63) is 0 Å². The number of nitrogens with one attached hydrogen (secondary N) is 1. The van der Waals surface area contributed by atoms with Crippen LogP contribution in [0.2, 0.25) is 0 Å². The first-order valence-electron chi connectivity index (χ1n) is 7.27. The first kappa shape index (κ1) is 12.9. The van der Waals surface area contributed by atoms with E-state index in [0.29, 0.717) is 6.54 Å². The van der Waals surface area contributed by atoms with Crippen LogP contribution < -0.4 is 10.4 Å². The van der Waals surface area contributed by atoms with Gasteiger partial charge in [-0.1, -0.05) is 0 Å². The maximum Gasteiger partial charge on any atom is 0.224 e. The molecule has 5 nitrogen and oxygen atoms in total. The maximum absolute atomic E-state index is 12.2. The topological polar surface area (TPSA) is 78.5 Å². The lowest BCUT2D eigenvalue weighted by atomic mass is 9.78. The minimum atomic E-state index is -1.05. The average Bonchev–Trinajstić information content (AvgIpc) is 3.10. The Morgan fingerprint density at radius 3 is 2.53 bits per heavy atom. The maximum atomic E-state index is 12.2. The third-order valence-electron chi connectivity index (χ3n) is 5.02. The number of hydrogen-bond donors (Lipinski definition) is 1. The Kier molecular flexibility index (Phi) is 3.48. The fourth-order valence-electron chi connectivity index (χ4n) is 4.15. The number of fused-ring (bicyclic) bond motifs is 2. The van der Waals surface area contributed by atoms with Crippen LogP contribution in [0.25, 0.3) is 0 Å². The van der Waals surface area contributed by atoms with Crippen molar-refractivity contribution >= 4 is 11.9 Å². The van der Waals surface area contributed by atoms with Gasteiger partial charge in [-0.15, -0.1) is 0 Å². The molecule has 1 heterocycles. The van der Waals surface area contributed by atoms with Gasteiger partial charge in [-0.3, -0.25) is 4.79 Å². The van der Waals surface area contributed by atoms with Gasteiger partial charge in [-0.25, -0.2) is 0 Å². The van der Waals surface area contributed by atoms with E-state index in [1.54, 1.807) is 0 Å². The number of rotatable bonds is 4. The predicted octanol–water partition coefficient (Wildman–Crippen LogP) is -0.306. The van der Waals surface area contributed by atoms with Crippen molar-refractivity contribution in [1.82, 2.24) is 5.32 Å². The van der Waals surface area contributed by atoms with Gasteiger partial charge in [0.25, 0.3) is 0 Å². The van der Waals surface area contributed by atoms with Crippen LogP contribution in [0.5, 0.6) is 0 Å². The SMILES string of the molecule is O=C(NC[C@@H]1CCCO1)[C@@H]1[C@@H]2CC[C@@H](C2)[C@@H]1C(=O)[O-]. The van der Waals surface area contributed by atoms with Crippen molar-refractivity contribution < 1.29 is 19.4 Å². The number of aliphatic carboxylic acids is 1. The van der Waals surface area contributed by atoms with E-state index >= 15 is 0 Å². The van der Waals surface area contributed by atoms with Crippen LogP contribution in [0.1, 0.15) is 32.1 Å². The molecule has 3 aliphatic rings. The van der Waals surface area contributed by atoms with E-state index in [0.717, 1.165) is 38.7 Å². The van der Waals surface area contributed by atoms with Crippen molar-refractivity contribution in [2.24, 2.45) is 23.7 Å². The van der Waals surface area contributed by atoms with E-state index in [9.17, 15) is 14.7 Å². The summed E-state index contributed by atoms with van der Waals surface area (Å²) in [4.78, 5) is 23.5. The van der Waals surface area contributed by atoms with Crippen molar-refractivity contribution in [2.75, 3.05) is 13.2 Å². The molecular formula is C14H20NO4-. The summed E-state index contributed by atoms with van der Waals surface area (Å²) in [6.45, 7) is 1.27. The van der Waals surface area contributed by atoms with Crippen molar-refractivity contribution in [3.8, 4) is 0 Å². The molecule has 2 saturated carbocycles. The monoisotopic (exact) mass is 266 g/mol. The molecule has 0 spiro atoms. The summed E-state index contributed by atoms with van der Waals surface area (Å²) in [7, 11) is 0. The van der Waals surface area contributed by atoms with E-state index in [1.165, 1.54) is 0 Å². The van der Waals surface area contributed by atoms with E-state index in [4.69, 9.17) is 4.74 Å². The summed E-state index contributed by atoms with van der Waals surface area (Å²) in [5.41, 5.74) is 0. The summed E-state index contributed by atoms with van der Waals surface area (Å²) >= 11 is 0. The highest BCUT2D eigenvalue weighted by molar-refractivity contribution is 5.85. The molecule has 1 N–H and O–H groups in total. The number of carboxylic acid groups (broad SMARTS) is 1. The van der Waals surface area contributed by atoms with Gasteiger partial charge >= 0.3 is 0 Å². The lowest BCUT2D eigenvalue weighted by Crippen LogP contribution is -2.47. The molecule has 5 atom stereocenters. The third-order valence-corrected chi connectivity index (χ3v) is 5.02. The molecule has 0 aromatic rings. The highest BCUT2D eigenvalue weighted by Gasteiger charge is 2.51. The minimum absolute atomic E-state index is 0.101. The molecule has 2 aliphatic carbocycles. The Hall–Kier alpha value is -1.10. The highest BCUT2D eigenvalue weighted by atomic mass is 16.5. The van der Waals surface area contributed by atoms with Crippen LogP contribution >= 0.6 is 0 Å². The van der Waals surface area contributed by atoms with E-state index in [1.807, 2.05) is 0 Å². The van der Waals surface area contributed by atoms with Crippen LogP contribution in [0.3, 0.4) is 0 Å². The molecule has 0 radical (unpaired) electrons. The zero-order chi connectivity index (χ0) is 13.4. The fraction of sp³-hybridized carbons (Fsp3) is 0.857. The number of ether oxygens (including phenoxy) is 1. The number of hydrogen-bond acceptors (Lipinski definition) is 4. The lowest BCUT2D eigenvalue weighted by Gasteiger charge is -2.31. The van der Waals surface area contributed by atoms with Crippen molar-refractivity contribution in [2.45, 2.75) is 38.2 Å². The summed E-state index contributed by atoms with van der Waals surface area (Å²) in [6, 6.07) is 0. The van der Waals surface area contributed by atoms with E-state index in [-0.39, 0.29) is 29.8 Å². The zero-order valence-corrected chi connectivity index (χ0v) is 11.0. The molecule has 0 aromatic carbocycles. The van der Waals surface area contributed by atoms with Crippen LogP contribution in [0.4, 0.5) is 0 Å². The summed E-state index contributed by atoms with van der Waals surface area (Å²) in [6.07, 6.45) is 4.89. The van der Waals surface area contributed by atoms with E-state index in [2.05, 4.69) is 5.32 Å². The zero-order valence-electron chi connectivity index (χ0n) is 11.0. The summed E-state index contributed by atoms with van der Waals surface area (Å²) < 4.78 is 5.46. The molecule has 0 unspecified atom stereocenters. The predicted molar refractivity (Wildman–Crippen MR) is 64.8 cm³/mol. The Morgan fingerprint density at radius 2 is 1.89 bits per heavy atom. The van der Waals surface area contributed by atoms with Gasteiger partial charge in [0.05, 0.1) is 6.10 Å². The quantitative estimate of drug-likeness (QED) is 0.757. The van der Waals surface area contributed by atoms with Gasteiger partial charge in [0.2, 0.25) is 5.91 Å². The number of amides is 1. The van der Waals surface area contributed by atoms with Gasteiger partial charge < -0.3 is 20.0 Å². The van der Waals surface area contributed by atoms with Gasteiger partial charge in [-0.2, -0.15) is 0 Å². The molecule has 1 saturated heterocycles. The molecule has 5 heteroatoms. The van der Waals surface area contributed by atoms with Crippen molar-refractivity contribution in [3.63, 3.8) is 0 Å². The van der Waals surface area contributed by atoms with E-state index < -0.39 is 11.9 Å². The van der Waals surface area contributed by atoms with Gasteiger partial charge in [0.1, 0.15) is 0 Å². The number of carboxylic acids is 1. The summed E-state index contributed by atoms with van der Waals surface area (Å²) in [5, 5.41) is 14.1. The van der Waals surface area contributed by atoms with Crippen LogP contribution in [0, 0.1) is 23.7 Å². The number of carbonyl (C=O) groups excluding carboxylic acids is 2. The summed E-state index contributed by atoms with van der Waals surface area (Å²) in [5.74, 6) is -1.75. The Labute approximate surface area is 112 Å². The highest BCUT2D eigenvalue weighted by Crippen LogP contribution is 2.52. The molecule has 19 heavy (non-hydrogen) atoms. The Bertz CT molecular complexity index is 378. The molecule has 2 bridgehead atoms. The Morgan fingerprint density at radius 1 is 1.16 bits per heavy atom. The largest absolute Gasteiger partial charge is 0.550 e. The molecule has 3 fully saturated rings. The van der Waals surface area contributed by atoms with Crippen LogP contribution in [0.15, 0.2) is 0 Å². The third kappa shape index (κ3) is 2.36. The smallest absolute Gasteiger partial charge is 0.224 e. The average molecular weight is 266 g/mol. The first-order chi connectivity index (χ1) is 9.16. The second-order valence-electron chi connectivity index (χ2n) is 6.08. The van der Waals surface area contributed by atoms with Crippen molar-refractivity contribution in [1.29, 1.82) is 0 Å². The molecule has 106 valence electrons. The van der Waals surface area contributed by atoms with Crippen LogP contribution in [-0.2, 0) is 14.3 Å². The Balaban J connectivity index is 1.60. The molecule has 3 rings (SSSR count). The van der Waals surface area contributed by atoms with Gasteiger partial charge in [0.15, 0.2) is 0 Å². The lowest BCUT2D eigenvalue weighted by molar-refractivity contribution is -0.314. The second-order valence-corrected chi connectivity index (χ2v) is 6.08. The molecular weight excluding hydrogens is 246 g/mol. The number of carbonyl (C=O) groups is 2. The van der Waals surface area contributed by atoms with Gasteiger partial charge in [0, 0.05) is 31.0 Å². The minimum Gasteiger partial charge on any atom is -0.550 e. The normalized spacial score (nSPS) is 40.5. The molecule has 1 aliphatic heterocycles. The second kappa shape index (κ2) is 5.12. The standard InChI is InChI=1S/C14H21NO4/c16-13(15-7-10-2-1-5-19-10)11-8-3-4-9(6-8)12(11)14(17)18/h8-12H,1-7H2,(H,15,16)(H,17,18)/p-1/t8-,9+,10+,11-,12+/m1/s1. The van der Waals surface area contributed by atoms with Gasteiger partial charge in [-0.05, 0) is 43.9 Å². The van der Waals surface area contributed by atoms with Crippen LogP contribution in [-0.4, -0.2) is 31.1 Å². The molecule has 1 amide bonds.